The highest BCUT2D eigenvalue weighted by atomic mass is 16.5. The predicted molar refractivity (Wildman–Crippen MR) is 50.9 cm³/mol. The van der Waals surface area contributed by atoms with Crippen molar-refractivity contribution < 1.29 is 4.74 Å². The molecule has 1 aromatic rings. The first kappa shape index (κ1) is 10.1. The van der Waals surface area contributed by atoms with E-state index in [2.05, 4.69) is 4.98 Å². The summed E-state index contributed by atoms with van der Waals surface area (Å²) >= 11 is 0. The van der Waals surface area contributed by atoms with Gasteiger partial charge in [-0.15, -0.1) is 0 Å². The van der Waals surface area contributed by atoms with Crippen molar-refractivity contribution >= 4 is 0 Å². The number of hydrogen-bond acceptors (Lipinski definition) is 4. The maximum absolute atomic E-state index is 5.57. The zero-order valence-electron chi connectivity index (χ0n) is 7.52. The minimum atomic E-state index is -0.0799. The summed E-state index contributed by atoms with van der Waals surface area (Å²) in [5.41, 5.74) is 11.8. The van der Waals surface area contributed by atoms with E-state index in [1.807, 2.05) is 18.2 Å². The Kier molecular flexibility index (Phi) is 4.39. The number of nitrogens with two attached hydrogens (primary N) is 2. The van der Waals surface area contributed by atoms with E-state index in [1.165, 1.54) is 0 Å². The van der Waals surface area contributed by atoms with Crippen LogP contribution in [0.15, 0.2) is 24.4 Å². The van der Waals surface area contributed by atoms with Crippen LogP contribution < -0.4 is 11.5 Å². The van der Waals surface area contributed by atoms with E-state index in [-0.39, 0.29) is 6.04 Å². The first-order valence-corrected chi connectivity index (χ1v) is 4.26. The number of nitrogens with zero attached hydrogens (tertiary/aromatic N) is 1. The maximum Gasteiger partial charge on any atom is 0.0888 e. The maximum atomic E-state index is 5.57. The largest absolute Gasteiger partial charge is 0.373 e. The molecule has 13 heavy (non-hydrogen) atoms. The van der Waals surface area contributed by atoms with Crippen LogP contribution in [-0.2, 0) is 11.3 Å². The highest BCUT2D eigenvalue weighted by Crippen LogP contribution is 1.95. The standard InChI is InChI=1S/C9H15N3O/c10-5-8(11)6-13-7-9-3-1-2-4-12-9/h1-4,8H,5-7,10-11H2. The molecule has 0 saturated carbocycles. The second-order valence-electron chi connectivity index (χ2n) is 2.83. The normalized spacial score (nSPS) is 12.8. The van der Waals surface area contributed by atoms with E-state index < -0.39 is 0 Å². The molecule has 1 heterocycles. The summed E-state index contributed by atoms with van der Waals surface area (Å²) in [7, 11) is 0. The van der Waals surface area contributed by atoms with Crippen molar-refractivity contribution in [3.8, 4) is 0 Å². The van der Waals surface area contributed by atoms with Gasteiger partial charge in [0.1, 0.15) is 0 Å². The molecule has 4 heteroatoms. The van der Waals surface area contributed by atoms with Gasteiger partial charge in [0.05, 0.1) is 18.9 Å². The van der Waals surface area contributed by atoms with Crippen molar-refractivity contribution in [2.75, 3.05) is 13.2 Å². The van der Waals surface area contributed by atoms with Gasteiger partial charge in [0.15, 0.2) is 0 Å². The van der Waals surface area contributed by atoms with Gasteiger partial charge in [-0.2, -0.15) is 0 Å². The number of aromatic nitrogens is 1. The number of rotatable bonds is 5. The molecule has 0 fully saturated rings. The smallest absolute Gasteiger partial charge is 0.0888 e. The fraction of sp³-hybridized carbons (Fsp3) is 0.444. The summed E-state index contributed by atoms with van der Waals surface area (Å²) in [4.78, 5) is 4.10. The van der Waals surface area contributed by atoms with E-state index in [9.17, 15) is 0 Å². The van der Waals surface area contributed by atoms with Gasteiger partial charge in [-0.1, -0.05) is 6.07 Å². The Balaban J connectivity index is 2.20. The molecule has 1 unspecified atom stereocenters. The van der Waals surface area contributed by atoms with E-state index in [1.54, 1.807) is 6.20 Å². The van der Waals surface area contributed by atoms with Crippen LogP contribution in [0.1, 0.15) is 5.69 Å². The van der Waals surface area contributed by atoms with Crippen LogP contribution >= 0.6 is 0 Å². The van der Waals surface area contributed by atoms with Crippen molar-refractivity contribution in [3.63, 3.8) is 0 Å². The minimum absolute atomic E-state index is 0.0799. The topological polar surface area (TPSA) is 74.2 Å². The molecule has 72 valence electrons. The minimum Gasteiger partial charge on any atom is -0.373 e. The lowest BCUT2D eigenvalue weighted by atomic mass is 10.3. The van der Waals surface area contributed by atoms with E-state index in [4.69, 9.17) is 16.2 Å². The molecule has 0 spiro atoms. The second-order valence-corrected chi connectivity index (χ2v) is 2.83. The number of ether oxygens (including phenoxy) is 1. The van der Waals surface area contributed by atoms with Crippen LogP contribution in [0.3, 0.4) is 0 Å². The lowest BCUT2D eigenvalue weighted by Crippen LogP contribution is -2.34. The summed E-state index contributed by atoms with van der Waals surface area (Å²) < 4.78 is 5.30. The summed E-state index contributed by atoms with van der Waals surface area (Å²) in [5.74, 6) is 0. The molecule has 1 atom stereocenters. The molecule has 0 amide bonds. The van der Waals surface area contributed by atoms with Crippen LogP contribution in [0.2, 0.25) is 0 Å². The van der Waals surface area contributed by atoms with Gasteiger partial charge in [-0.25, -0.2) is 0 Å². The summed E-state index contributed by atoms with van der Waals surface area (Å²) in [5, 5.41) is 0. The Morgan fingerprint density at radius 2 is 2.31 bits per heavy atom. The fourth-order valence-corrected chi connectivity index (χ4v) is 0.866. The van der Waals surface area contributed by atoms with Crippen LogP contribution in [0.4, 0.5) is 0 Å². The average Bonchev–Trinajstić information content (AvgIpc) is 2.19. The Bertz CT molecular complexity index is 228. The first-order valence-electron chi connectivity index (χ1n) is 4.26. The van der Waals surface area contributed by atoms with Crippen molar-refractivity contribution in [2.45, 2.75) is 12.6 Å². The van der Waals surface area contributed by atoms with Crippen LogP contribution in [0.25, 0.3) is 0 Å². The lowest BCUT2D eigenvalue weighted by Gasteiger charge is -2.08. The van der Waals surface area contributed by atoms with E-state index >= 15 is 0 Å². The van der Waals surface area contributed by atoms with Crippen molar-refractivity contribution in [3.05, 3.63) is 30.1 Å². The molecule has 4 nitrogen and oxygen atoms in total. The predicted octanol–water partition coefficient (Wildman–Crippen LogP) is -0.116. The van der Waals surface area contributed by atoms with Crippen molar-refractivity contribution in [2.24, 2.45) is 11.5 Å². The summed E-state index contributed by atoms with van der Waals surface area (Å²) in [6.45, 7) is 1.42. The molecule has 0 aliphatic rings. The fourth-order valence-electron chi connectivity index (χ4n) is 0.866. The molecule has 0 aliphatic carbocycles. The quantitative estimate of drug-likeness (QED) is 0.664. The van der Waals surface area contributed by atoms with Gasteiger partial charge < -0.3 is 16.2 Å². The number of pyridine rings is 1. The van der Waals surface area contributed by atoms with Crippen LogP contribution in [-0.4, -0.2) is 24.2 Å². The highest BCUT2D eigenvalue weighted by Gasteiger charge is 1.99. The van der Waals surface area contributed by atoms with E-state index in [0.717, 1.165) is 5.69 Å². The van der Waals surface area contributed by atoms with E-state index in [0.29, 0.717) is 19.8 Å². The van der Waals surface area contributed by atoms with Crippen molar-refractivity contribution in [1.29, 1.82) is 0 Å². The van der Waals surface area contributed by atoms with Gasteiger partial charge >= 0.3 is 0 Å². The Labute approximate surface area is 77.9 Å². The van der Waals surface area contributed by atoms with Gasteiger partial charge in [0.2, 0.25) is 0 Å². The van der Waals surface area contributed by atoms with Gasteiger partial charge in [0.25, 0.3) is 0 Å². The zero-order valence-corrected chi connectivity index (χ0v) is 7.52. The van der Waals surface area contributed by atoms with Gasteiger partial charge in [0, 0.05) is 18.8 Å². The Hall–Kier alpha value is -0.970. The second kappa shape index (κ2) is 5.64. The molecule has 1 aromatic heterocycles. The monoisotopic (exact) mass is 181 g/mol. The summed E-state index contributed by atoms with van der Waals surface area (Å²) in [6.07, 6.45) is 1.74. The molecule has 0 aromatic carbocycles. The molecule has 4 N–H and O–H groups in total. The third-order valence-corrected chi connectivity index (χ3v) is 1.61. The van der Waals surface area contributed by atoms with Crippen LogP contribution in [0, 0.1) is 0 Å². The lowest BCUT2D eigenvalue weighted by molar-refractivity contribution is 0.107. The Morgan fingerprint density at radius 3 is 2.92 bits per heavy atom. The highest BCUT2D eigenvalue weighted by molar-refractivity contribution is 5.01. The van der Waals surface area contributed by atoms with Gasteiger partial charge in [-0.05, 0) is 12.1 Å². The molecular weight excluding hydrogens is 166 g/mol. The Morgan fingerprint density at radius 1 is 1.46 bits per heavy atom. The third kappa shape index (κ3) is 3.98. The zero-order chi connectivity index (χ0) is 9.52. The molecular formula is C9H15N3O. The van der Waals surface area contributed by atoms with Crippen molar-refractivity contribution in [1.82, 2.24) is 4.98 Å². The summed E-state index contributed by atoms with van der Waals surface area (Å²) in [6, 6.07) is 5.63. The molecule has 0 bridgehead atoms. The molecule has 0 aliphatic heterocycles. The molecule has 0 saturated heterocycles. The number of hydrogen-bond donors (Lipinski definition) is 2. The average molecular weight is 181 g/mol. The molecule has 1 rings (SSSR count). The van der Waals surface area contributed by atoms with Gasteiger partial charge in [-0.3, -0.25) is 4.98 Å². The molecule has 0 radical (unpaired) electrons. The third-order valence-electron chi connectivity index (χ3n) is 1.61. The van der Waals surface area contributed by atoms with Crippen LogP contribution in [0.5, 0.6) is 0 Å². The first-order chi connectivity index (χ1) is 6.33. The SMILES string of the molecule is NCC(N)COCc1ccccn1.